The van der Waals surface area contributed by atoms with Crippen molar-refractivity contribution in [1.29, 1.82) is 0 Å². The van der Waals surface area contributed by atoms with Crippen molar-refractivity contribution in [3.8, 4) is 5.75 Å². The Kier molecular flexibility index (Phi) is 6.66. The van der Waals surface area contributed by atoms with Gasteiger partial charge >= 0.3 is 0 Å². The summed E-state index contributed by atoms with van der Waals surface area (Å²) in [7, 11) is 1.54. The molecule has 9 heteroatoms. The van der Waals surface area contributed by atoms with Crippen LogP contribution >= 0.6 is 11.8 Å². The number of carbonyl (C=O) groups is 2. The standard InChI is InChI=1S/C23H20N4O4S/c1-24-20(28)13-30-16-7-4-6-15(12-16)27-22(29)21-18(14-32-23-25-10-5-11-26-23)17-8-2-3-9-19(17)31-21/h2-12H,13-14H2,1H3,(H,24,28)(H,27,29). The van der Waals surface area contributed by atoms with Gasteiger partial charge in [0.25, 0.3) is 11.8 Å². The molecule has 162 valence electrons. The number of ether oxygens (including phenoxy) is 1. The summed E-state index contributed by atoms with van der Waals surface area (Å²) in [6.07, 6.45) is 3.35. The third-order valence-corrected chi connectivity index (χ3v) is 5.43. The van der Waals surface area contributed by atoms with Gasteiger partial charge in [-0.1, -0.05) is 36.0 Å². The molecule has 2 aromatic carbocycles. The summed E-state index contributed by atoms with van der Waals surface area (Å²) in [6, 6.07) is 16.1. The second kappa shape index (κ2) is 9.97. The highest BCUT2D eigenvalue weighted by atomic mass is 32.2. The van der Waals surface area contributed by atoms with Crippen molar-refractivity contribution in [3.63, 3.8) is 0 Å². The van der Waals surface area contributed by atoms with Crippen LogP contribution in [0.15, 0.2) is 76.6 Å². The van der Waals surface area contributed by atoms with Crippen LogP contribution in [0.3, 0.4) is 0 Å². The number of hydrogen-bond donors (Lipinski definition) is 2. The molecule has 8 nitrogen and oxygen atoms in total. The number of thioether (sulfide) groups is 1. The first-order chi connectivity index (χ1) is 15.6. The van der Waals surface area contributed by atoms with E-state index in [1.807, 2.05) is 24.3 Å². The molecular formula is C23H20N4O4S. The highest BCUT2D eigenvalue weighted by Crippen LogP contribution is 2.31. The molecule has 2 aromatic heterocycles. The van der Waals surface area contributed by atoms with Gasteiger partial charge in [0.05, 0.1) is 0 Å². The monoisotopic (exact) mass is 448 g/mol. The normalized spacial score (nSPS) is 10.7. The molecule has 0 bridgehead atoms. The molecule has 0 saturated carbocycles. The van der Waals surface area contributed by atoms with Gasteiger partial charge < -0.3 is 19.8 Å². The van der Waals surface area contributed by atoms with E-state index in [9.17, 15) is 9.59 Å². The smallest absolute Gasteiger partial charge is 0.291 e. The minimum Gasteiger partial charge on any atom is -0.484 e. The number of fused-ring (bicyclic) bond motifs is 1. The molecule has 2 N–H and O–H groups in total. The van der Waals surface area contributed by atoms with Gasteiger partial charge in [-0.2, -0.15) is 0 Å². The first kappa shape index (κ1) is 21.4. The predicted octanol–water partition coefficient (Wildman–Crippen LogP) is 3.89. The summed E-state index contributed by atoms with van der Waals surface area (Å²) < 4.78 is 11.3. The fraction of sp³-hybridized carbons (Fsp3) is 0.130. The molecular weight excluding hydrogens is 428 g/mol. The molecule has 4 aromatic rings. The second-order valence-corrected chi connectivity index (χ2v) is 7.61. The van der Waals surface area contributed by atoms with Gasteiger partial charge in [0.1, 0.15) is 11.3 Å². The van der Waals surface area contributed by atoms with E-state index < -0.39 is 0 Å². The van der Waals surface area contributed by atoms with Gasteiger partial charge in [-0.25, -0.2) is 9.97 Å². The maximum absolute atomic E-state index is 13.1. The molecule has 0 saturated heterocycles. The lowest BCUT2D eigenvalue weighted by atomic mass is 10.1. The van der Waals surface area contributed by atoms with Crippen LogP contribution in [0.25, 0.3) is 11.0 Å². The number of hydrogen-bond acceptors (Lipinski definition) is 7. The van der Waals surface area contributed by atoms with Crippen molar-refractivity contribution in [2.45, 2.75) is 10.9 Å². The zero-order chi connectivity index (χ0) is 22.3. The minimum atomic E-state index is -0.380. The molecule has 0 aliphatic heterocycles. The third-order valence-electron chi connectivity index (χ3n) is 4.53. The van der Waals surface area contributed by atoms with E-state index in [1.54, 1.807) is 42.7 Å². The molecule has 0 atom stereocenters. The number of nitrogens with one attached hydrogen (secondary N) is 2. The highest BCUT2D eigenvalue weighted by molar-refractivity contribution is 7.98. The quantitative estimate of drug-likeness (QED) is 0.311. The minimum absolute atomic E-state index is 0.111. The van der Waals surface area contributed by atoms with Crippen LogP contribution in [-0.2, 0) is 10.5 Å². The van der Waals surface area contributed by atoms with Gasteiger partial charge in [-0.3, -0.25) is 9.59 Å². The number of rotatable bonds is 8. The van der Waals surface area contributed by atoms with E-state index in [0.29, 0.717) is 27.9 Å². The average molecular weight is 449 g/mol. The summed E-state index contributed by atoms with van der Waals surface area (Å²) in [5.74, 6) is 0.541. The Morgan fingerprint density at radius 1 is 1.06 bits per heavy atom. The molecule has 0 aliphatic rings. The third kappa shape index (κ3) is 5.06. The van der Waals surface area contributed by atoms with E-state index in [4.69, 9.17) is 9.15 Å². The van der Waals surface area contributed by atoms with Crippen LogP contribution in [0.4, 0.5) is 5.69 Å². The van der Waals surface area contributed by atoms with Crippen LogP contribution in [0.1, 0.15) is 16.1 Å². The maximum Gasteiger partial charge on any atom is 0.291 e. The Morgan fingerprint density at radius 2 is 1.88 bits per heavy atom. The Balaban J connectivity index is 1.55. The van der Waals surface area contributed by atoms with Crippen molar-refractivity contribution in [2.75, 3.05) is 19.0 Å². The van der Waals surface area contributed by atoms with Gasteiger partial charge in [0.15, 0.2) is 17.5 Å². The number of furan rings is 1. The Hall–Kier alpha value is -3.85. The number of anilines is 1. The van der Waals surface area contributed by atoms with E-state index >= 15 is 0 Å². The number of benzene rings is 2. The lowest BCUT2D eigenvalue weighted by molar-refractivity contribution is -0.122. The van der Waals surface area contributed by atoms with Gasteiger partial charge in [0, 0.05) is 47.9 Å². The zero-order valence-corrected chi connectivity index (χ0v) is 18.0. The molecule has 2 heterocycles. The number of nitrogens with zero attached hydrogens (tertiary/aromatic N) is 2. The topological polar surface area (TPSA) is 106 Å². The number of aromatic nitrogens is 2. The summed E-state index contributed by atoms with van der Waals surface area (Å²) in [5, 5.41) is 6.82. The molecule has 0 fully saturated rings. The number of para-hydroxylation sites is 1. The molecule has 0 spiro atoms. The van der Waals surface area contributed by atoms with E-state index in [-0.39, 0.29) is 24.2 Å². The lowest BCUT2D eigenvalue weighted by Crippen LogP contribution is -2.24. The van der Waals surface area contributed by atoms with Crippen LogP contribution in [-0.4, -0.2) is 35.4 Å². The number of carbonyl (C=O) groups excluding carboxylic acids is 2. The molecule has 0 aliphatic carbocycles. The van der Waals surface area contributed by atoms with Crippen LogP contribution < -0.4 is 15.4 Å². The summed E-state index contributed by atoms with van der Waals surface area (Å²) in [5.41, 5.74) is 1.92. The van der Waals surface area contributed by atoms with Crippen molar-refractivity contribution in [2.24, 2.45) is 0 Å². The van der Waals surface area contributed by atoms with Crippen molar-refractivity contribution >= 4 is 40.2 Å². The van der Waals surface area contributed by atoms with Crippen LogP contribution in [0.5, 0.6) is 5.75 Å². The predicted molar refractivity (Wildman–Crippen MR) is 122 cm³/mol. The number of likely N-dealkylation sites (N-methyl/N-ethyl adjacent to an activating group) is 1. The average Bonchev–Trinajstić information content (AvgIpc) is 3.21. The summed E-state index contributed by atoms with van der Waals surface area (Å²) >= 11 is 1.42. The molecule has 4 rings (SSSR count). The van der Waals surface area contributed by atoms with Gasteiger partial charge in [-0.15, -0.1) is 0 Å². The fourth-order valence-corrected chi connectivity index (χ4v) is 3.83. The van der Waals surface area contributed by atoms with E-state index in [0.717, 1.165) is 10.9 Å². The maximum atomic E-state index is 13.1. The molecule has 2 amide bonds. The van der Waals surface area contributed by atoms with Crippen molar-refractivity contribution in [3.05, 3.63) is 78.3 Å². The van der Waals surface area contributed by atoms with E-state index in [1.165, 1.54) is 18.8 Å². The Labute approximate surface area is 188 Å². The lowest BCUT2D eigenvalue weighted by Gasteiger charge is -2.09. The van der Waals surface area contributed by atoms with Gasteiger partial charge in [-0.05, 0) is 24.3 Å². The van der Waals surface area contributed by atoms with Crippen molar-refractivity contribution < 1.29 is 18.7 Å². The molecule has 0 unspecified atom stereocenters. The number of amides is 2. The molecule has 32 heavy (non-hydrogen) atoms. The highest BCUT2D eigenvalue weighted by Gasteiger charge is 2.21. The van der Waals surface area contributed by atoms with Gasteiger partial charge in [0.2, 0.25) is 0 Å². The van der Waals surface area contributed by atoms with Crippen LogP contribution in [0.2, 0.25) is 0 Å². The zero-order valence-electron chi connectivity index (χ0n) is 17.2. The van der Waals surface area contributed by atoms with Crippen LogP contribution in [0, 0.1) is 0 Å². The Bertz CT molecular complexity index is 1240. The summed E-state index contributed by atoms with van der Waals surface area (Å²) in [6.45, 7) is -0.111. The first-order valence-electron chi connectivity index (χ1n) is 9.79. The van der Waals surface area contributed by atoms with Crippen molar-refractivity contribution in [1.82, 2.24) is 15.3 Å². The molecule has 0 radical (unpaired) electrons. The Morgan fingerprint density at radius 3 is 2.69 bits per heavy atom. The SMILES string of the molecule is CNC(=O)COc1cccc(NC(=O)c2oc3ccccc3c2CSc2ncccn2)c1. The fourth-order valence-electron chi connectivity index (χ4n) is 2.99. The summed E-state index contributed by atoms with van der Waals surface area (Å²) in [4.78, 5) is 32.9. The first-order valence-corrected chi connectivity index (χ1v) is 10.8. The largest absolute Gasteiger partial charge is 0.484 e. The second-order valence-electron chi connectivity index (χ2n) is 6.67. The van der Waals surface area contributed by atoms with E-state index in [2.05, 4.69) is 20.6 Å².